The summed E-state index contributed by atoms with van der Waals surface area (Å²) in [5.41, 5.74) is 1.32. The molecule has 4 rings (SSSR count). The van der Waals surface area contributed by atoms with Crippen molar-refractivity contribution in [3.8, 4) is 0 Å². The number of rotatable bonds is 3. The summed E-state index contributed by atoms with van der Waals surface area (Å²) in [6, 6.07) is 11.0. The Labute approximate surface area is 158 Å². The van der Waals surface area contributed by atoms with Crippen molar-refractivity contribution >= 4 is 28.8 Å². The Morgan fingerprint density at radius 1 is 1.04 bits per heavy atom. The molecule has 2 heterocycles. The molecule has 136 valence electrons. The average molecular weight is 369 g/mol. The number of carbonyl (C=O) groups is 2. The number of hydrogen-bond donors (Lipinski definition) is 1. The van der Waals surface area contributed by atoms with E-state index in [9.17, 15) is 9.59 Å². The van der Waals surface area contributed by atoms with Crippen molar-refractivity contribution in [1.29, 1.82) is 0 Å². The lowest BCUT2D eigenvalue weighted by molar-refractivity contribution is 0.0521. The van der Waals surface area contributed by atoms with Gasteiger partial charge in [-0.15, -0.1) is 11.3 Å². The minimum absolute atomic E-state index is 0.0845. The summed E-state index contributed by atoms with van der Waals surface area (Å²) in [6.45, 7) is 1.74. The van der Waals surface area contributed by atoms with Crippen molar-refractivity contribution < 1.29 is 9.59 Å². The predicted octanol–water partition coefficient (Wildman–Crippen LogP) is 4.65. The van der Waals surface area contributed by atoms with Gasteiger partial charge in [0.25, 0.3) is 11.8 Å². The number of amides is 2. The van der Waals surface area contributed by atoms with E-state index in [1.165, 1.54) is 37.0 Å². The van der Waals surface area contributed by atoms with Gasteiger partial charge in [0.15, 0.2) is 0 Å². The van der Waals surface area contributed by atoms with Crippen LogP contribution in [0.2, 0.25) is 0 Å². The summed E-state index contributed by atoms with van der Waals surface area (Å²) in [5.74, 6) is 1.43. The van der Waals surface area contributed by atoms with Gasteiger partial charge in [-0.25, -0.2) is 0 Å². The molecule has 1 aromatic carbocycles. The van der Waals surface area contributed by atoms with Crippen molar-refractivity contribution in [3.05, 3.63) is 52.2 Å². The van der Waals surface area contributed by atoms with Gasteiger partial charge in [0.1, 0.15) is 0 Å². The van der Waals surface area contributed by atoms with Crippen LogP contribution in [-0.2, 0) is 0 Å². The van der Waals surface area contributed by atoms with Gasteiger partial charge in [0, 0.05) is 24.3 Å². The van der Waals surface area contributed by atoms with Crippen LogP contribution in [0.4, 0.5) is 5.69 Å². The number of anilines is 1. The van der Waals surface area contributed by atoms with E-state index in [2.05, 4.69) is 5.32 Å². The molecule has 1 aliphatic carbocycles. The van der Waals surface area contributed by atoms with Crippen LogP contribution in [0.5, 0.6) is 0 Å². The lowest BCUT2D eigenvalue weighted by atomic mass is 9.75. The van der Waals surface area contributed by atoms with Crippen molar-refractivity contribution in [1.82, 2.24) is 4.90 Å². The fourth-order valence-corrected chi connectivity index (χ4v) is 4.92. The van der Waals surface area contributed by atoms with Crippen LogP contribution in [0.15, 0.2) is 41.8 Å². The standard InChI is InChI=1S/C21H24N2O2S/c24-20(19-9-4-12-26-19)22-18-8-3-7-16(13-18)21(25)23-11-10-15-5-1-2-6-17(15)14-23/h3-4,7-9,12-13,15,17H,1-2,5-6,10-11,14H2,(H,22,24)/t15-,17+/m0/s1. The molecule has 5 heteroatoms. The van der Waals surface area contributed by atoms with Gasteiger partial charge in [-0.1, -0.05) is 31.4 Å². The summed E-state index contributed by atoms with van der Waals surface area (Å²) >= 11 is 1.41. The largest absolute Gasteiger partial charge is 0.338 e. The van der Waals surface area contributed by atoms with Crippen molar-refractivity contribution in [2.24, 2.45) is 11.8 Å². The molecule has 4 nitrogen and oxygen atoms in total. The van der Waals surface area contributed by atoms with Crippen LogP contribution in [0.1, 0.15) is 52.1 Å². The van der Waals surface area contributed by atoms with Gasteiger partial charge >= 0.3 is 0 Å². The van der Waals surface area contributed by atoms with Crippen molar-refractivity contribution in [2.45, 2.75) is 32.1 Å². The topological polar surface area (TPSA) is 49.4 Å². The number of thiophene rings is 1. The van der Waals surface area contributed by atoms with Crippen LogP contribution in [0, 0.1) is 11.8 Å². The lowest BCUT2D eigenvalue weighted by Gasteiger charge is -2.41. The van der Waals surface area contributed by atoms with Gasteiger partial charge in [0.05, 0.1) is 4.88 Å². The monoisotopic (exact) mass is 368 g/mol. The second kappa shape index (κ2) is 7.62. The number of hydrogen-bond acceptors (Lipinski definition) is 3. The molecule has 1 saturated carbocycles. The zero-order valence-corrected chi connectivity index (χ0v) is 15.6. The number of piperidine rings is 1. The third kappa shape index (κ3) is 3.68. The number of nitrogens with zero attached hydrogens (tertiary/aromatic N) is 1. The quantitative estimate of drug-likeness (QED) is 0.857. The summed E-state index contributed by atoms with van der Waals surface area (Å²) in [7, 11) is 0. The molecule has 1 aliphatic heterocycles. The highest BCUT2D eigenvalue weighted by molar-refractivity contribution is 7.12. The first-order valence-corrected chi connectivity index (χ1v) is 10.3. The van der Waals surface area contributed by atoms with Gasteiger partial charge in [-0.3, -0.25) is 9.59 Å². The van der Waals surface area contributed by atoms with Gasteiger partial charge < -0.3 is 10.2 Å². The smallest absolute Gasteiger partial charge is 0.265 e. The van der Waals surface area contributed by atoms with E-state index in [-0.39, 0.29) is 11.8 Å². The maximum Gasteiger partial charge on any atom is 0.265 e. The second-order valence-electron chi connectivity index (χ2n) is 7.36. The van der Waals surface area contributed by atoms with Crippen LogP contribution in [0.3, 0.4) is 0 Å². The van der Waals surface area contributed by atoms with Crippen LogP contribution >= 0.6 is 11.3 Å². The Kier molecular flexibility index (Phi) is 5.07. The Hall–Kier alpha value is -2.14. The predicted molar refractivity (Wildman–Crippen MR) is 105 cm³/mol. The van der Waals surface area contributed by atoms with E-state index < -0.39 is 0 Å². The summed E-state index contributed by atoms with van der Waals surface area (Å²) in [6.07, 6.45) is 6.36. The molecule has 2 aromatic rings. The molecule has 0 spiro atoms. The summed E-state index contributed by atoms with van der Waals surface area (Å²) < 4.78 is 0. The Morgan fingerprint density at radius 2 is 1.88 bits per heavy atom. The fourth-order valence-electron chi connectivity index (χ4n) is 4.30. The number of carbonyl (C=O) groups excluding carboxylic acids is 2. The van der Waals surface area contributed by atoms with E-state index in [4.69, 9.17) is 0 Å². The van der Waals surface area contributed by atoms with Gasteiger partial charge in [-0.2, -0.15) is 0 Å². The minimum Gasteiger partial charge on any atom is -0.338 e. The van der Waals surface area contributed by atoms with E-state index in [0.29, 0.717) is 22.0 Å². The lowest BCUT2D eigenvalue weighted by Crippen LogP contribution is -2.44. The molecule has 1 aromatic heterocycles. The van der Waals surface area contributed by atoms with Crippen molar-refractivity contribution in [2.75, 3.05) is 18.4 Å². The zero-order valence-electron chi connectivity index (χ0n) is 14.8. The summed E-state index contributed by atoms with van der Waals surface area (Å²) in [4.78, 5) is 27.8. The summed E-state index contributed by atoms with van der Waals surface area (Å²) in [5, 5.41) is 4.77. The maximum absolute atomic E-state index is 13.0. The molecule has 2 amide bonds. The first kappa shape index (κ1) is 17.3. The number of nitrogens with one attached hydrogen (secondary N) is 1. The zero-order chi connectivity index (χ0) is 17.9. The third-order valence-electron chi connectivity index (χ3n) is 5.69. The van der Waals surface area contributed by atoms with Crippen LogP contribution in [0.25, 0.3) is 0 Å². The normalized spacial score (nSPS) is 22.5. The highest BCUT2D eigenvalue weighted by Crippen LogP contribution is 2.36. The Bertz CT molecular complexity index is 787. The highest BCUT2D eigenvalue weighted by atomic mass is 32.1. The molecule has 2 fully saturated rings. The molecule has 0 radical (unpaired) electrons. The molecule has 0 bridgehead atoms. The third-order valence-corrected chi connectivity index (χ3v) is 6.56. The van der Waals surface area contributed by atoms with Crippen LogP contribution in [-0.4, -0.2) is 29.8 Å². The van der Waals surface area contributed by atoms with Crippen LogP contribution < -0.4 is 5.32 Å². The molecule has 1 saturated heterocycles. The first-order chi connectivity index (χ1) is 12.7. The van der Waals surface area contributed by atoms with E-state index in [0.717, 1.165) is 25.4 Å². The fraction of sp³-hybridized carbons (Fsp3) is 0.429. The molecule has 2 aliphatic rings. The second-order valence-corrected chi connectivity index (χ2v) is 8.30. The Balaban J connectivity index is 1.44. The number of fused-ring (bicyclic) bond motifs is 1. The van der Waals surface area contributed by atoms with E-state index in [1.807, 2.05) is 34.5 Å². The molecular weight excluding hydrogens is 344 g/mol. The molecule has 1 N–H and O–H groups in total. The maximum atomic E-state index is 13.0. The average Bonchev–Trinajstić information content (AvgIpc) is 3.22. The molecular formula is C21H24N2O2S. The first-order valence-electron chi connectivity index (χ1n) is 9.45. The SMILES string of the molecule is O=C(Nc1cccc(C(=O)N2CC[C@@H]3CCCC[C@@H]3C2)c1)c1cccs1. The van der Waals surface area contributed by atoms with E-state index in [1.54, 1.807) is 12.1 Å². The van der Waals surface area contributed by atoms with Gasteiger partial charge in [0.2, 0.25) is 0 Å². The number of likely N-dealkylation sites (tertiary alicyclic amines) is 1. The van der Waals surface area contributed by atoms with Gasteiger partial charge in [-0.05, 0) is 54.3 Å². The molecule has 26 heavy (non-hydrogen) atoms. The number of benzene rings is 1. The minimum atomic E-state index is -0.132. The molecule has 2 atom stereocenters. The highest BCUT2D eigenvalue weighted by Gasteiger charge is 2.33. The van der Waals surface area contributed by atoms with E-state index >= 15 is 0 Å². The Morgan fingerprint density at radius 3 is 2.69 bits per heavy atom. The van der Waals surface area contributed by atoms with Crippen molar-refractivity contribution in [3.63, 3.8) is 0 Å². The molecule has 0 unspecified atom stereocenters.